The van der Waals surface area contributed by atoms with Gasteiger partial charge in [0, 0.05) is 37.7 Å². The number of para-hydroxylation sites is 1. The van der Waals surface area contributed by atoms with E-state index in [0.29, 0.717) is 20.6 Å². The predicted molar refractivity (Wildman–Crippen MR) is 183 cm³/mol. The number of rotatable bonds is 9. The number of amides is 1. The zero-order valence-electron chi connectivity index (χ0n) is 24.6. The normalized spacial score (nSPS) is 11.6. The quantitative estimate of drug-likeness (QED) is 0.125. The van der Waals surface area contributed by atoms with E-state index in [2.05, 4.69) is 10.5 Å². The van der Waals surface area contributed by atoms with Crippen LogP contribution >= 0.6 is 34.8 Å². The second kappa shape index (κ2) is 13.5. The lowest BCUT2D eigenvalue weighted by atomic mass is 10.1. The van der Waals surface area contributed by atoms with Crippen LogP contribution in [0.25, 0.3) is 5.69 Å². The topological polar surface area (TPSA) is 83.8 Å². The Labute approximate surface area is 277 Å². The van der Waals surface area contributed by atoms with Crippen LogP contribution in [0.5, 0.6) is 0 Å². The largest absolute Gasteiger partial charge is 0.318 e. The Morgan fingerprint density at radius 2 is 1.49 bits per heavy atom. The summed E-state index contributed by atoms with van der Waals surface area (Å²) in [6.45, 7) is 5.72. The smallest absolute Gasteiger partial charge is 0.273 e. The second-order valence-electron chi connectivity index (χ2n) is 10.5. The Hall–Kier alpha value is -4.08. The van der Waals surface area contributed by atoms with Gasteiger partial charge in [-0.2, -0.15) is 5.10 Å². The van der Waals surface area contributed by atoms with Gasteiger partial charge in [-0.25, -0.2) is 13.8 Å². The fourth-order valence-corrected chi connectivity index (χ4v) is 7.09. The Balaban J connectivity index is 1.46. The number of benzene rings is 4. The molecule has 45 heavy (non-hydrogen) atoms. The molecule has 0 saturated heterocycles. The number of hydrogen-bond acceptors (Lipinski definition) is 4. The van der Waals surface area contributed by atoms with Crippen molar-refractivity contribution in [1.29, 1.82) is 0 Å². The highest BCUT2D eigenvalue weighted by Crippen LogP contribution is 2.30. The molecular formula is C34H29Cl3N4O3S. The van der Waals surface area contributed by atoms with E-state index in [1.807, 2.05) is 43.5 Å². The summed E-state index contributed by atoms with van der Waals surface area (Å²) in [7, 11) is -4.08. The van der Waals surface area contributed by atoms with Gasteiger partial charge < -0.3 is 4.57 Å². The van der Waals surface area contributed by atoms with Gasteiger partial charge in [0.1, 0.15) is 0 Å². The minimum atomic E-state index is -4.08. The molecule has 0 aliphatic carbocycles. The minimum absolute atomic E-state index is 0.0273. The van der Waals surface area contributed by atoms with E-state index in [1.54, 1.807) is 85.1 Å². The third kappa shape index (κ3) is 7.26. The molecule has 0 radical (unpaired) electrons. The average molecular weight is 680 g/mol. The molecule has 1 amide bonds. The molecule has 0 fully saturated rings. The van der Waals surface area contributed by atoms with E-state index in [9.17, 15) is 13.2 Å². The van der Waals surface area contributed by atoms with Gasteiger partial charge in [-0.05, 0) is 87.0 Å². The Morgan fingerprint density at radius 3 is 2.16 bits per heavy atom. The van der Waals surface area contributed by atoms with Gasteiger partial charge in [0.05, 0.1) is 28.9 Å². The molecule has 5 aromatic rings. The van der Waals surface area contributed by atoms with Crippen LogP contribution in [0.3, 0.4) is 0 Å². The molecule has 0 bridgehead atoms. The van der Waals surface area contributed by atoms with Crippen molar-refractivity contribution in [2.45, 2.75) is 32.2 Å². The summed E-state index contributed by atoms with van der Waals surface area (Å²) in [4.78, 5) is 13.6. The molecule has 5 rings (SSSR count). The fraction of sp³-hybridized carbons (Fsp3) is 0.118. The van der Waals surface area contributed by atoms with E-state index >= 15 is 0 Å². The molecule has 0 atom stereocenters. The number of aryl methyl sites for hydroxylation is 2. The van der Waals surface area contributed by atoms with Crippen LogP contribution in [0.2, 0.25) is 15.1 Å². The summed E-state index contributed by atoms with van der Waals surface area (Å²) >= 11 is 18.5. The first-order valence-electron chi connectivity index (χ1n) is 13.9. The van der Waals surface area contributed by atoms with Crippen molar-refractivity contribution in [2.24, 2.45) is 5.10 Å². The van der Waals surface area contributed by atoms with Gasteiger partial charge in [0.2, 0.25) is 0 Å². The van der Waals surface area contributed by atoms with Crippen LogP contribution in [0.15, 0.2) is 107 Å². The number of hydrogen-bond donors (Lipinski definition) is 1. The maximum atomic E-state index is 14.0. The molecule has 0 unspecified atom stereocenters. The summed E-state index contributed by atoms with van der Waals surface area (Å²) < 4.78 is 31.3. The molecule has 0 aliphatic heterocycles. The highest BCUT2D eigenvalue weighted by molar-refractivity contribution is 7.92. The van der Waals surface area contributed by atoms with Crippen molar-refractivity contribution in [3.8, 4) is 5.69 Å². The molecule has 230 valence electrons. The SMILES string of the molecule is Cc1ccc(S(=O)(=O)N(Cc2ccc(Cl)cc2)c2ccccc2C(=O)N/N=C/c2cc(C)n(-c3cc(Cl)cc(Cl)c3)c2C)cc1. The highest BCUT2D eigenvalue weighted by atomic mass is 35.5. The van der Waals surface area contributed by atoms with Gasteiger partial charge in [-0.15, -0.1) is 0 Å². The number of aromatic nitrogens is 1. The molecule has 11 heteroatoms. The first-order chi connectivity index (χ1) is 21.4. The second-order valence-corrected chi connectivity index (χ2v) is 13.6. The third-order valence-corrected chi connectivity index (χ3v) is 9.67. The molecule has 1 N–H and O–H groups in total. The summed E-state index contributed by atoms with van der Waals surface area (Å²) in [6.07, 6.45) is 1.54. The summed E-state index contributed by atoms with van der Waals surface area (Å²) in [6, 6.07) is 27.2. The number of nitrogens with zero attached hydrogens (tertiary/aromatic N) is 3. The lowest BCUT2D eigenvalue weighted by Gasteiger charge is -2.26. The van der Waals surface area contributed by atoms with E-state index in [0.717, 1.165) is 28.2 Å². The predicted octanol–water partition coefficient (Wildman–Crippen LogP) is 8.52. The van der Waals surface area contributed by atoms with Crippen LogP contribution < -0.4 is 9.73 Å². The highest BCUT2D eigenvalue weighted by Gasteiger charge is 2.28. The molecular weight excluding hydrogens is 651 g/mol. The van der Waals surface area contributed by atoms with Gasteiger partial charge in [0.25, 0.3) is 15.9 Å². The summed E-state index contributed by atoms with van der Waals surface area (Å²) in [5, 5.41) is 5.77. The van der Waals surface area contributed by atoms with Crippen LogP contribution in [0.4, 0.5) is 5.69 Å². The average Bonchev–Trinajstić information content (AvgIpc) is 3.28. The molecule has 1 aromatic heterocycles. The zero-order valence-corrected chi connectivity index (χ0v) is 27.7. The number of halogens is 3. The maximum Gasteiger partial charge on any atom is 0.273 e. The van der Waals surface area contributed by atoms with Crippen molar-refractivity contribution in [2.75, 3.05) is 4.31 Å². The van der Waals surface area contributed by atoms with Crippen molar-refractivity contribution in [1.82, 2.24) is 9.99 Å². The third-order valence-electron chi connectivity index (χ3n) is 7.21. The van der Waals surface area contributed by atoms with Crippen LogP contribution in [-0.2, 0) is 16.6 Å². The van der Waals surface area contributed by atoms with Gasteiger partial charge in [-0.3, -0.25) is 9.10 Å². The first-order valence-corrected chi connectivity index (χ1v) is 16.4. The van der Waals surface area contributed by atoms with Crippen molar-refractivity contribution in [3.05, 3.63) is 146 Å². The lowest BCUT2D eigenvalue weighted by molar-refractivity contribution is 0.0955. The molecule has 0 aliphatic rings. The number of sulfonamides is 1. The standard InChI is InChI=1S/C34H29Cl3N4O3S/c1-22-8-14-31(15-9-22)45(43,44)40(21-25-10-12-27(35)13-11-25)33-7-5-4-6-32(33)34(42)39-38-20-26-16-23(2)41(24(26)3)30-18-28(36)17-29(37)19-30/h4-20H,21H2,1-3H3,(H,39,42)/b38-20+. The Morgan fingerprint density at radius 1 is 0.844 bits per heavy atom. The van der Waals surface area contributed by atoms with E-state index < -0.39 is 15.9 Å². The van der Waals surface area contributed by atoms with Crippen LogP contribution in [0, 0.1) is 20.8 Å². The molecule has 1 heterocycles. The van der Waals surface area contributed by atoms with E-state index in [-0.39, 0.29) is 22.7 Å². The number of anilines is 1. The van der Waals surface area contributed by atoms with Crippen LogP contribution in [-0.4, -0.2) is 25.1 Å². The first kappa shape index (κ1) is 32.3. The minimum Gasteiger partial charge on any atom is -0.318 e. The fourth-order valence-electron chi connectivity index (χ4n) is 4.98. The van der Waals surface area contributed by atoms with E-state index in [1.165, 1.54) is 4.31 Å². The Bertz CT molecular complexity index is 1990. The molecule has 0 spiro atoms. The van der Waals surface area contributed by atoms with Gasteiger partial charge >= 0.3 is 0 Å². The lowest BCUT2D eigenvalue weighted by Crippen LogP contribution is -2.33. The molecule has 4 aromatic carbocycles. The van der Waals surface area contributed by atoms with Gasteiger partial charge in [0.15, 0.2) is 0 Å². The van der Waals surface area contributed by atoms with Crippen molar-refractivity contribution >= 4 is 62.6 Å². The number of nitrogens with one attached hydrogen (secondary N) is 1. The number of hydrazone groups is 1. The molecule has 0 saturated carbocycles. The number of carbonyl (C=O) groups is 1. The van der Waals surface area contributed by atoms with E-state index in [4.69, 9.17) is 34.8 Å². The number of carbonyl (C=O) groups excluding carboxylic acids is 1. The monoisotopic (exact) mass is 678 g/mol. The summed E-state index contributed by atoms with van der Waals surface area (Å²) in [5.74, 6) is -0.572. The molecule has 7 nitrogen and oxygen atoms in total. The summed E-state index contributed by atoms with van der Waals surface area (Å²) in [5.41, 5.74) is 7.88. The maximum absolute atomic E-state index is 14.0. The van der Waals surface area contributed by atoms with Crippen LogP contribution in [0.1, 0.15) is 38.4 Å². The zero-order chi connectivity index (χ0) is 32.3. The van der Waals surface area contributed by atoms with Crippen molar-refractivity contribution < 1.29 is 13.2 Å². The Kier molecular flexibility index (Phi) is 9.70. The van der Waals surface area contributed by atoms with Gasteiger partial charge in [-0.1, -0.05) is 76.8 Å². The van der Waals surface area contributed by atoms with Crippen molar-refractivity contribution in [3.63, 3.8) is 0 Å².